The Balaban J connectivity index is 1.53. The van der Waals surface area contributed by atoms with Gasteiger partial charge in [0.25, 0.3) is 5.91 Å². The summed E-state index contributed by atoms with van der Waals surface area (Å²) in [5.41, 5.74) is 1.64. The average Bonchev–Trinajstić information content (AvgIpc) is 3.14. The quantitative estimate of drug-likeness (QED) is 0.638. The zero-order valence-electron chi connectivity index (χ0n) is 15.1. The molecule has 6 nitrogen and oxygen atoms in total. The number of aromatic nitrogens is 1. The van der Waals surface area contributed by atoms with Crippen molar-refractivity contribution >= 4 is 28.8 Å². The highest BCUT2D eigenvalue weighted by atomic mass is 32.1. The van der Waals surface area contributed by atoms with Gasteiger partial charge in [-0.1, -0.05) is 6.07 Å². The Hall–Kier alpha value is -3.26. The van der Waals surface area contributed by atoms with E-state index in [9.17, 15) is 14.0 Å². The van der Waals surface area contributed by atoms with E-state index in [1.165, 1.54) is 23.5 Å². The second kappa shape index (κ2) is 9.09. The molecular formula is C20H18FN3O3S. The molecule has 1 heterocycles. The summed E-state index contributed by atoms with van der Waals surface area (Å²) in [5, 5.41) is 7.81. The molecule has 0 aliphatic heterocycles. The van der Waals surface area contributed by atoms with Gasteiger partial charge in [0.15, 0.2) is 0 Å². The second-order valence-corrected chi connectivity index (χ2v) is 6.80. The molecule has 28 heavy (non-hydrogen) atoms. The van der Waals surface area contributed by atoms with Crippen molar-refractivity contribution in [3.05, 3.63) is 76.0 Å². The summed E-state index contributed by atoms with van der Waals surface area (Å²) in [7, 11) is 1.55. The Bertz CT molecular complexity index is 973. The summed E-state index contributed by atoms with van der Waals surface area (Å²) in [5.74, 6) is -0.227. The molecule has 0 atom stereocenters. The number of amides is 2. The third-order valence-electron chi connectivity index (χ3n) is 3.75. The summed E-state index contributed by atoms with van der Waals surface area (Å²) in [6.45, 7) is 0.242. The zero-order valence-corrected chi connectivity index (χ0v) is 15.9. The van der Waals surface area contributed by atoms with Crippen LogP contribution in [0.2, 0.25) is 0 Å². The van der Waals surface area contributed by atoms with Crippen LogP contribution >= 0.6 is 11.3 Å². The second-order valence-electron chi connectivity index (χ2n) is 5.86. The van der Waals surface area contributed by atoms with E-state index in [-0.39, 0.29) is 30.7 Å². The standard InChI is InChI=1S/C20H18FN3O3S/c1-22-20(26)13-3-2-4-15(9-13)23-18(25)10-16-12-28-19(24-16)11-27-17-7-5-14(21)6-8-17/h2-9,12H,10-11H2,1H3,(H,22,26)(H,23,25). The fourth-order valence-electron chi connectivity index (χ4n) is 2.42. The van der Waals surface area contributed by atoms with Gasteiger partial charge in [-0.25, -0.2) is 9.37 Å². The largest absolute Gasteiger partial charge is 0.486 e. The summed E-state index contributed by atoms with van der Waals surface area (Å²) >= 11 is 1.39. The average molecular weight is 399 g/mol. The number of hydrogen-bond donors (Lipinski definition) is 2. The number of thiazole rings is 1. The van der Waals surface area contributed by atoms with Crippen molar-refractivity contribution in [3.63, 3.8) is 0 Å². The minimum atomic E-state index is -0.323. The zero-order chi connectivity index (χ0) is 19.9. The van der Waals surface area contributed by atoms with Crippen molar-refractivity contribution in [3.8, 4) is 5.75 Å². The van der Waals surface area contributed by atoms with Gasteiger partial charge in [0.2, 0.25) is 5.91 Å². The molecule has 8 heteroatoms. The summed E-state index contributed by atoms with van der Waals surface area (Å²) in [4.78, 5) is 28.3. The van der Waals surface area contributed by atoms with Gasteiger partial charge >= 0.3 is 0 Å². The van der Waals surface area contributed by atoms with Crippen molar-refractivity contribution in [2.75, 3.05) is 12.4 Å². The molecule has 1 aromatic heterocycles. The third-order valence-corrected chi connectivity index (χ3v) is 4.62. The maximum absolute atomic E-state index is 12.9. The van der Waals surface area contributed by atoms with E-state index < -0.39 is 0 Å². The van der Waals surface area contributed by atoms with Crippen molar-refractivity contribution in [2.24, 2.45) is 0 Å². The van der Waals surface area contributed by atoms with E-state index in [4.69, 9.17) is 4.74 Å². The summed E-state index contributed by atoms with van der Waals surface area (Å²) in [6, 6.07) is 12.4. The number of anilines is 1. The van der Waals surface area contributed by atoms with E-state index in [2.05, 4.69) is 15.6 Å². The highest BCUT2D eigenvalue weighted by Gasteiger charge is 2.10. The fraction of sp³-hybridized carbons (Fsp3) is 0.150. The van der Waals surface area contributed by atoms with Gasteiger partial charge in [-0.15, -0.1) is 11.3 Å². The lowest BCUT2D eigenvalue weighted by atomic mass is 10.2. The molecule has 0 bridgehead atoms. The molecule has 0 spiro atoms. The molecule has 2 N–H and O–H groups in total. The molecular weight excluding hydrogens is 381 g/mol. The van der Waals surface area contributed by atoms with Crippen LogP contribution in [0, 0.1) is 5.82 Å². The first-order chi connectivity index (χ1) is 13.5. The van der Waals surface area contributed by atoms with Gasteiger partial charge in [0.1, 0.15) is 23.2 Å². The Morgan fingerprint density at radius 3 is 2.71 bits per heavy atom. The topological polar surface area (TPSA) is 80.3 Å². The maximum atomic E-state index is 12.9. The van der Waals surface area contributed by atoms with E-state index in [1.807, 2.05) is 0 Å². The molecule has 0 saturated heterocycles. The van der Waals surface area contributed by atoms with Crippen molar-refractivity contribution < 1.29 is 18.7 Å². The number of benzene rings is 2. The lowest BCUT2D eigenvalue weighted by Gasteiger charge is -2.06. The van der Waals surface area contributed by atoms with Crippen molar-refractivity contribution in [2.45, 2.75) is 13.0 Å². The van der Waals surface area contributed by atoms with Crippen LogP contribution in [0.3, 0.4) is 0 Å². The van der Waals surface area contributed by atoms with Crippen LogP contribution in [-0.2, 0) is 17.8 Å². The normalized spacial score (nSPS) is 10.4. The van der Waals surface area contributed by atoms with Crippen LogP contribution in [0.5, 0.6) is 5.75 Å². The molecule has 0 aliphatic rings. The monoisotopic (exact) mass is 399 g/mol. The number of halogens is 1. The van der Waals surface area contributed by atoms with Gasteiger partial charge in [0.05, 0.1) is 12.1 Å². The number of hydrogen-bond acceptors (Lipinski definition) is 5. The van der Waals surface area contributed by atoms with Gasteiger partial charge in [0, 0.05) is 23.7 Å². The van der Waals surface area contributed by atoms with Crippen LogP contribution in [0.15, 0.2) is 53.9 Å². The van der Waals surface area contributed by atoms with E-state index in [0.29, 0.717) is 27.7 Å². The Morgan fingerprint density at radius 2 is 1.96 bits per heavy atom. The van der Waals surface area contributed by atoms with Crippen LogP contribution in [0.4, 0.5) is 10.1 Å². The fourth-order valence-corrected chi connectivity index (χ4v) is 3.13. The van der Waals surface area contributed by atoms with Crippen molar-refractivity contribution in [1.29, 1.82) is 0 Å². The number of nitrogens with zero attached hydrogens (tertiary/aromatic N) is 1. The molecule has 2 aromatic carbocycles. The molecule has 0 fully saturated rings. The lowest BCUT2D eigenvalue weighted by Crippen LogP contribution is -2.19. The first-order valence-corrected chi connectivity index (χ1v) is 9.35. The first kappa shape index (κ1) is 19.5. The predicted molar refractivity (Wildman–Crippen MR) is 105 cm³/mol. The first-order valence-electron chi connectivity index (χ1n) is 8.47. The Labute approximate surface area is 165 Å². The molecule has 2 amide bonds. The molecule has 144 valence electrons. The minimum Gasteiger partial charge on any atom is -0.486 e. The van der Waals surface area contributed by atoms with Gasteiger partial charge < -0.3 is 15.4 Å². The van der Waals surface area contributed by atoms with E-state index >= 15 is 0 Å². The molecule has 3 rings (SSSR count). The summed E-state index contributed by atoms with van der Waals surface area (Å²) in [6.07, 6.45) is 0.108. The number of carbonyl (C=O) groups is 2. The predicted octanol–water partition coefficient (Wildman–Crippen LogP) is 3.40. The maximum Gasteiger partial charge on any atom is 0.251 e. The van der Waals surface area contributed by atoms with Gasteiger partial charge in [-0.05, 0) is 42.5 Å². The van der Waals surface area contributed by atoms with Crippen LogP contribution in [-0.4, -0.2) is 23.8 Å². The van der Waals surface area contributed by atoms with Gasteiger partial charge in [-0.3, -0.25) is 9.59 Å². The van der Waals surface area contributed by atoms with Gasteiger partial charge in [-0.2, -0.15) is 0 Å². The Kier molecular flexibility index (Phi) is 6.33. The highest BCUT2D eigenvalue weighted by Crippen LogP contribution is 2.17. The summed E-state index contributed by atoms with van der Waals surface area (Å²) < 4.78 is 18.4. The lowest BCUT2D eigenvalue weighted by molar-refractivity contribution is -0.115. The molecule has 0 radical (unpaired) electrons. The number of ether oxygens (including phenoxy) is 1. The number of nitrogens with one attached hydrogen (secondary N) is 2. The molecule has 3 aromatic rings. The highest BCUT2D eigenvalue weighted by molar-refractivity contribution is 7.09. The van der Waals surface area contributed by atoms with Crippen molar-refractivity contribution in [1.82, 2.24) is 10.3 Å². The smallest absolute Gasteiger partial charge is 0.251 e. The van der Waals surface area contributed by atoms with E-state index in [0.717, 1.165) is 0 Å². The molecule has 0 unspecified atom stereocenters. The third kappa shape index (κ3) is 5.37. The van der Waals surface area contributed by atoms with Crippen LogP contribution in [0.1, 0.15) is 21.1 Å². The minimum absolute atomic E-state index is 0.108. The number of carbonyl (C=O) groups excluding carboxylic acids is 2. The van der Waals surface area contributed by atoms with E-state index in [1.54, 1.807) is 48.8 Å². The Morgan fingerprint density at radius 1 is 1.18 bits per heavy atom. The van der Waals surface area contributed by atoms with Crippen LogP contribution < -0.4 is 15.4 Å². The van der Waals surface area contributed by atoms with Crippen LogP contribution in [0.25, 0.3) is 0 Å². The molecule has 0 saturated carbocycles. The molecule has 0 aliphatic carbocycles. The SMILES string of the molecule is CNC(=O)c1cccc(NC(=O)Cc2csc(COc3ccc(F)cc3)n2)c1. The number of rotatable bonds is 7.